The van der Waals surface area contributed by atoms with Crippen molar-refractivity contribution in [1.29, 1.82) is 0 Å². The number of carbonyl (C=O) groups is 1. The Bertz CT molecular complexity index is 984. The molecule has 1 aromatic heterocycles. The summed E-state index contributed by atoms with van der Waals surface area (Å²) in [5, 5.41) is 7.43. The summed E-state index contributed by atoms with van der Waals surface area (Å²) in [6, 6.07) is 13.8. The number of benzene rings is 1. The summed E-state index contributed by atoms with van der Waals surface area (Å²) >= 11 is 1.66. The third kappa shape index (κ3) is 6.82. The highest BCUT2D eigenvalue weighted by Crippen LogP contribution is 2.32. The van der Waals surface area contributed by atoms with Gasteiger partial charge in [-0.25, -0.2) is 0 Å². The topological polar surface area (TPSA) is 47.6 Å². The van der Waals surface area contributed by atoms with Crippen LogP contribution in [0.15, 0.2) is 42.5 Å². The Balaban J connectivity index is 1.03. The van der Waals surface area contributed by atoms with Crippen molar-refractivity contribution in [2.75, 3.05) is 51.1 Å². The SMILES string of the molecule is O=C(CCCN1CCC(N2CCCCC2)CC1)Nc1ccc(-c2ccc(C3=CCNCC3)cc2)s1. The molecule has 1 aromatic carbocycles. The van der Waals surface area contributed by atoms with Gasteiger partial charge in [-0.2, -0.15) is 0 Å². The number of thiophene rings is 1. The van der Waals surface area contributed by atoms with Crippen LogP contribution in [0.2, 0.25) is 0 Å². The molecule has 0 unspecified atom stereocenters. The first-order valence-electron chi connectivity index (χ1n) is 13.6. The van der Waals surface area contributed by atoms with Crippen molar-refractivity contribution in [2.24, 2.45) is 0 Å². The fourth-order valence-corrected chi connectivity index (χ4v) is 6.68. The molecule has 2 N–H and O–H groups in total. The third-order valence-electron chi connectivity index (χ3n) is 7.82. The van der Waals surface area contributed by atoms with E-state index in [2.05, 4.69) is 56.8 Å². The number of carbonyl (C=O) groups excluding carboxylic acids is 1. The fraction of sp³-hybridized carbons (Fsp3) is 0.552. The van der Waals surface area contributed by atoms with Crippen molar-refractivity contribution in [3.63, 3.8) is 0 Å². The minimum atomic E-state index is 0.134. The van der Waals surface area contributed by atoms with E-state index < -0.39 is 0 Å². The Kier molecular flexibility index (Phi) is 8.68. The molecule has 4 heterocycles. The molecule has 0 aliphatic carbocycles. The van der Waals surface area contributed by atoms with Gasteiger partial charge in [-0.15, -0.1) is 11.3 Å². The molecular formula is C29H40N4OS. The van der Waals surface area contributed by atoms with E-state index in [1.165, 1.54) is 79.9 Å². The van der Waals surface area contributed by atoms with E-state index in [1.807, 2.05) is 6.07 Å². The van der Waals surface area contributed by atoms with Gasteiger partial charge in [0.1, 0.15) is 0 Å². The average Bonchev–Trinajstić information content (AvgIpc) is 3.38. The molecular weight excluding hydrogens is 452 g/mol. The van der Waals surface area contributed by atoms with Crippen molar-refractivity contribution >= 4 is 27.8 Å². The number of nitrogens with one attached hydrogen (secondary N) is 2. The lowest BCUT2D eigenvalue weighted by Gasteiger charge is -2.40. The van der Waals surface area contributed by atoms with Gasteiger partial charge in [0.2, 0.25) is 5.91 Å². The number of nitrogens with zero attached hydrogens (tertiary/aromatic N) is 2. The molecule has 3 aliphatic rings. The maximum Gasteiger partial charge on any atom is 0.225 e. The molecule has 2 fully saturated rings. The van der Waals surface area contributed by atoms with Crippen LogP contribution in [-0.2, 0) is 4.79 Å². The number of likely N-dealkylation sites (tertiary alicyclic amines) is 2. The van der Waals surface area contributed by atoms with E-state index in [0.717, 1.165) is 43.5 Å². The van der Waals surface area contributed by atoms with Gasteiger partial charge < -0.3 is 20.4 Å². The number of rotatable bonds is 8. The number of hydrogen-bond acceptors (Lipinski definition) is 5. The van der Waals surface area contributed by atoms with Crippen molar-refractivity contribution in [1.82, 2.24) is 15.1 Å². The Morgan fingerprint density at radius 1 is 0.971 bits per heavy atom. The average molecular weight is 493 g/mol. The van der Waals surface area contributed by atoms with Gasteiger partial charge in [0.05, 0.1) is 5.00 Å². The maximum atomic E-state index is 12.5. The zero-order chi connectivity index (χ0) is 23.9. The molecule has 6 heteroatoms. The molecule has 2 saturated heterocycles. The van der Waals surface area contributed by atoms with Crippen molar-refractivity contribution in [3.8, 4) is 10.4 Å². The van der Waals surface area contributed by atoms with Gasteiger partial charge >= 0.3 is 0 Å². The molecule has 1 amide bonds. The standard InChI is InChI=1S/C29H40N4OS/c34-28(5-4-18-32-21-14-26(15-22-32)33-19-2-1-3-20-33)31-29-11-10-27(35-29)25-8-6-23(7-9-25)24-12-16-30-17-13-24/h6-12,26,30H,1-5,13-22H2,(H,31,34). The predicted molar refractivity (Wildman–Crippen MR) is 148 cm³/mol. The zero-order valence-corrected chi connectivity index (χ0v) is 21.8. The summed E-state index contributed by atoms with van der Waals surface area (Å²) < 4.78 is 0. The Hall–Kier alpha value is -1.99. The second-order valence-corrected chi connectivity index (χ2v) is 11.3. The van der Waals surface area contributed by atoms with Gasteiger partial charge in [0.15, 0.2) is 0 Å². The summed E-state index contributed by atoms with van der Waals surface area (Å²) in [5.41, 5.74) is 3.96. The normalized spacial score (nSPS) is 20.5. The summed E-state index contributed by atoms with van der Waals surface area (Å²) in [7, 11) is 0. The van der Waals surface area contributed by atoms with Crippen LogP contribution in [0, 0.1) is 0 Å². The van der Waals surface area contributed by atoms with Crippen LogP contribution in [0.3, 0.4) is 0 Å². The van der Waals surface area contributed by atoms with E-state index in [0.29, 0.717) is 6.42 Å². The summed E-state index contributed by atoms with van der Waals surface area (Å²) in [5.74, 6) is 0.134. The largest absolute Gasteiger partial charge is 0.318 e. The molecule has 0 radical (unpaired) electrons. The second-order valence-electron chi connectivity index (χ2n) is 10.2. The molecule has 5 nitrogen and oxygen atoms in total. The molecule has 35 heavy (non-hydrogen) atoms. The number of anilines is 1. The monoisotopic (exact) mass is 492 g/mol. The molecule has 3 aliphatic heterocycles. The van der Waals surface area contributed by atoms with Gasteiger partial charge in [-0.3, -0.25) is 4.79 Å². The third-order valence-corrected chi connectivity index (χ3v) is 8.86. The maximum absolute atomic E-state index is 12.5. The predicted octanol–water partition coefficient (Wildman–Crippen LogP) is 5.46. The molecule has 0 saturated carbocycles. The van der Waals surface area contributed by atoms with Crippen molar-refractivity contribution in [3.05, 3.63) is 48.0 Å². The highest BCUT2D eigenvalue weighted by molar-refractivity contribution is 7.19. The van der Waals surface area contributed by atoms with Crippen LogP contribution in [0.25, 0.3) is 16.0 Å². The molecule has 2 aromatic rings. The quantitative estimate of drug-likeness (QED) is 0.514. The van der Waals surface area contributed by atoms with Crippen molar-refractivity contribution < 1.29 is 4.79 Å². The Morgan fingerprint density at radius 3 is 2.49 bits per heavy atom. The van der Waals surface area contributed by atoms with E-state index >= 15 is 0 Å². The van der Waals surface area contributed by atoms with Crippen LogP contribution in [0.5, 0.6) is 0 Å². The minimum Gasteiger partial charge on any atom is -0.318 e. The molecule has 0 bridgehead atoms. The van der Waals surface area contributed by atoms with Gasteiger partial charge in [-0.05, 0) is 107 Å². The zero-order valence-electron chi connectivity index (χ0n) is 20.9. The van der Waals surface area contributed by atoms with Gasteiger partial charge in [0.25, 0.3) is 0 Å². The number of piperidine rings is 2. The first-order valence-corrected chi connectivity index (χ1v) is 14.4. The van der Waals surface area contributed by atoms with E-state index in [-0.39, 0.29) is 5.91 Å². The fourth-order valence-electron chi connectivity index (χ4n) is 5.75. The molecule has 0 spiro atoms. The summed E-state index contributed by atoms with van der Waals surface area (Å²) in [6.45, 7) is 8.03. The second kappa shape index (κ2) is 12.3. The first-order chi connectivity index (χ1) is 17.2. The smallest absolute Gasteiger partial charge is 0.225 e. The molecule has 188 valence electrons. The first kappa shape index (κ1) is 24.7. The van der Waals surface area contributed by atoms with Crippen LogP contribution >= 0.6 is 11.3 Å². The summed E-state index contributed by atoms with van der Waals surface area (Å²) in [6.07, 6.45) is 11.7. The number of amides is 1. The lowest BCUT2D eigenvalue weighted by atomic mass is 9.99. The van der Waals surface area contributed by atoms with Crippen LogP contribution in [-0.4, -0.2) is 67.6 Å². The van der Waals surface area contributed by atoms with Crippen LogP contribution < -0.4 is 10.6 Å². The minimum absolute atomic E-state index is 0.134. The Morgan fingerprint density at radius 2 is 1.74 bits per heavy atom. The highest BCUT2D eigenvalue weighted by atomic mass is 32.1. The molecule has 0 atom stereocenters. The van der Waals surface area contributed by atoms with Crippen LogP contribution in [0.1, 0.15) is 56.9 Å². The van der Waals surface area contributed by atoms with Crippen molar-refractivity contribution in [2.45, 2.75) is 57.4 Å². The highest BCUT2D eigenvalue weighted by Gasteiger charge is 2.25. The van der Waals surface area contributed by atoms with Gasteiger partial charge in [-0.1, -0.05) is 36.8 Å². The molecule has 5 rings (SSSR count). The summed E-state index contributed by atoms with van der Waals surface area (Å²) in [4.78, 5) is 19.0. The lowest BCUT2D eigenvalue weighted by Crippen LogP contribution is -2.46. The van der Waals surface area contributed by atoms with E-state index in [4.69, 9.17) is 0 Å². The number of hydrogen-bond donors (Lipinski definition) is 2. The Labute approximate surface area is 214 Å². The van der Waals surface area contributed by atoms with E-state index in [1.54, 1.807) is 11.3 Å². The van der Waals surface area contributed by atoms with Gasteiger partial charge in [0, 0.05) is 23.9 Å². The van der Waals surface area contributed by atoms with E-state index in [9.17, 15) is 4.79 Å². The lowest BCUT2D eigenvalue weighted by molar-refractivity contribution is -0.116. The van der Waals surface area contributed by atoms with Crippen LogP contribution in [0.4, 0.5) is 5.00 Å².